The summed E-state index contributed by atoms with van der Waals surface area (Å²) >= 11 is 1.25. The zero-order valence-electron chi connectivity index (χ0n) is 15.8. The molecule has 4 rings (SSSR count). The highest BCUT2D eigenvalue weighted by atomic mass is 32.1. The number of anilines is 1. The van der Waals surface area contributed by atoms with E-state index >= 15 is 0 Å². The second-order valence-electron chi connectivity index (χ2n) is 7.09. The number of carboxylic acids is 1. The van der Waals surface area contributed by atoms with Crippen molar-refractivity contribution >= 4 is 34.2 Å². The number of amides is 1. The first-order chi connectivity index (χ1) is 14.0. The Morgan fingerprint density at radius 3 is 2.52 bits per heavy atom. The Hall–Kier alpha value is -2.71. The van der Waals surface area contributed by atoms with Gasteiger partial charge in [0.05, 0.1) is 30.3 Å². The van der Waals surface area contributed by atoms with Crippen molar-refractivity contribution in [3.63, 3.8) is 0 Å². The van der Waals surface area contributed by atoms with Gasteiger partial charge in [-0.05, 0) is 31.4 Å². The normalized spacial score (nSPS) is 25.0. The average Bonchev–Trinajstić information content (AvgIpc) is 3.43. The first-order valence-corrected chi connectivity index (χ1v) is 10.3. The Labute approximate surface area is 171 Å². The van der Waals surface area contributed by atoms with Crippen molar-refractivity contribution in [2.24, 2.45) is 11.8 Å². The monoisotopic (exact) mass is 414 g/mol. The molecule has 2 bridgehead atoms. The van der Waals surface area contributed by atoms with Crippen molar-refractivity contribution in [2.75, 3.05) is 11.9 Å². The predicted molar refractivity (Wildman–Crippen MR) is 104 cm³/mol. The molecule has 1 N–H and O–H groups in total. The number of carboxylic acid groups (broad SMARTS) is 1. The molecule has 2 aromatic rings. The second kappa shape index (κ2) is 7.96. The summed E-state index contributed by atoms with van der Waals surface area (Å²) in [5.41, 5.74) is 1.15. The summed E-state index contributed by atoms with van der Waals surface area (Å²) in [4.78, 5) is 37.7. The molecule has 4 atom stereocenters. The van der Waals surface area contributed by atoms with Crippen LogP contribution in [-0.2, 0) is 19.1 Å². The molecule has 2 fully saturated rings. The number of nitrogens with one attached hydrogen (secondary N) is 1. The van der Waals surface area contributed by atoms with Crippen molar-refractivity contribution in [1.29, 1.82) is 0 Å². The van der Waals surface area contributed by atoms with Crippen LogP contribution in [0.25, 0.3) is 10.4 Å². The molecule has 0 radical (unpaired) electrons. The fraction of sp³-hybridized carbons (Fsp3) is 0.381. The lowest BCUT2D eigenvalue weighted by molar-refractivity contribution is -0.313. The summed E-state index contributed by atoms with van der Waals surface area (Å²) in [7, 11) is 0. The van der Waals surface area contributed by atoms with Crippen LogP contribution >= 0.6 is 11.3 Å². The van der Waals surface area contributed by atoms with Gasteiger partial charge >= 0.3 is 5.97 Å². The molecule has 0 aliphatic carbocycles. The molecule has 0 spiro atoms. The van der Waals surface area contributed by atoms with Gasteiger partial charge in [0.15, 0.2) is 0 Å². The van der Waals surface area contributed by atoms with Crippen molar-refractivity contribution in [2.45, 2.75) is 32.0 Å². The zero-order valence-corrected chi connectivity index (χ0v) is 16.6. The van der Waals surface area contributed by atoms with Gasteiger partial charge in [-0.1, -0.05) is 30.3 Å². The third-order valence-corrected chi connectivity index (χ3v) is 6.47. The Kier molecular flexibility index (Phi) is 5.38. The number of carbonyl (C=O) groups excluding carboxylic acids is 3. The first-order valence-electron chi connectivity index (χ1n) is 9.53. The van der Waals surface area contributed by atoms with E-state index in [4.69, 9.17) is 9.47 Å². The highest BCUT2D eigenvalue weighted by Gasteiger charge is 2.53. The van der Waals surface area contributed by atoms with E-state index in [2.05, 4.69) is 5.32 Å². The maximum atomic E-state index is 13.0. The highest BCUT2D eigenvalue weighted by Crippen LogP contribution is 2.44. The van der Waals surface area contributed by atoms with Gasteiger partial charge in [0.25, 0.3) is 0 Å². The number of hydrogen-bond donors (Lipinski definition) is 1. The van der Waals surface area contributed by atoms with Crippen molar-refractivity contribution < 1.29 is 29.0 Å². The van der Waals surface area contributed by atoms with E-state index in [9.17, 15) is 19.5 Å². The van der Waals surface area contributed by atoms with E-state index in [1.807, 2.05) is 30.3 Å². The molecule has 2 saturated heterocycles. The molecule has 0 unspecified atom stereocenters. The number of ether oxygens (including phenoxy) is 2. The lowest BCUT2D eigenvalue weighted by Crippen LogP contribution is -2.46. The van der Waals surface area contributed by atoms with E-state index < -0.39 is 41.9 Å². The number of aliphatic carboxylic acids is 1. The smallest absolute Gasteiger partial charge is 0.341 e. The largest absolute Gasteiger partial charge is 0.550 e. The first kappa shape index (κ1) is 19.6. The van der Waals surface area contributed by atoms with Crippen LogP contribution < -0.4 is 10.4 Å². The predicted octanol–water partition coefficient (Wildman–Crippen LogP) is 2.07. The quantitative estimate of drug-likeness (QED) is 0.726. The lowest BCUT2D eigenvalue weighted by atomic mass is 9.79. The van der Waals surface area contributed by atoms with Gasteiger partial charge < -0.3 is 24.7 Å². The van der Waals surface area contributed by atoms with Crippen LogP contribution in [0.2, 0.25) is 0 Å². The van der Waals surface area contributed by atoms with Gasteiger partial charge in [0.2, 0.25) is 5.91 Å². The van der Waals surface area contributed by atoms with Crippen molar-refractivity contribution in [3.8, 4) is 10.4 Å². The van der Waals surface area contributed by atoms with Crippen LogP contribution in [-0.4, -0.2) is 36.7 Å². The van der Waals surface area contributed by atoms with Crippen molar-refractivity contribution in [1.82, 2.24) is 0 Å². The molecule has 152 valence electrons. The SMILES string of the molecule is CCOC(=O)c1cc(-c2ccccc2)sc1NC(=O)[C@H]1[C@@H](C(=O)[O-])[C@H]2CC[C@@H]1O2. The van der Waals surface area contributed by atoms with Crippen LogP contribution in [0.4, 0.5) is 5.00 Å². The number of rotatable bonds is 6. The Morgan fingerprint density at radius 2 is 1.86 bits per heavy atom. The van der Waals surface area contributed by atoms with Crippen LogP contribution in [0.5, 0.6) is 0 Å². The minimum Gasteiger partial charge on any atom is -0.550 e. The fourth-order valence-electron chi connectivity index (χ4n) is 4.09. The number of hydrogen-bond acceptors (Lipinski definition) is 7. The maximum Gasteiger partial charge on any atom is 0.341 e. The fourth-order valence-corrected chi connectivity index (χ4v) is 5.15. The third kappa shape index (κ3) is 3.65. The molecule has 2 aliphatic heterocycles. The van der Waals surface area contributed by atoms with E-state index in [0.29, 0.717) is 17.8 Å². The summed E-state index contributed by atoms with van der Waals surface area (Å²) in [5, 5.41) is 14.7. The molecule has 0 saturated carbocycles. The lowest BCUT2D eigenvalue weighted by Gasteiger charge is -2.27. The van der Waals surface area contributed by atoms with Gasteiger partial charge in [-0.2, -0.15) is 0 Å². The Bertz CT molecular complexity index is 940. The zero-order chi connectivity index (χ0) is 20.5. The number of esters is 1. The topological polar surface area (TPSA) is 105 Å². The molecule has 1 amide bonds. The molecule has 7 nitrogen and oxygen atoms in total. The highest BCUT2D eigenvalue weighted by molar-refractivity contribution is 7.20. The van der Waals surface area contributed by atoms with E-state index in [-0.39, 0.29) is 12.2 Å². The molecular formula is C21H20NO6S-. The summed E-state index contributed by atoms with van der Waals surface area (Å²) < 4.78 is 10.8. The van der Waals surface area contributed by atoms with Crippen molar-refractivity contribution in [3.05, 3.63) is 42.0 Å². The molecule has 8 heteroatoms. The molecule has 1 aromatic carbocycles. The molecule has 2 aliphatic rings. The van der Waals surface area contributed by atoms with E-state index in [1.54, 1.807) is 13.0 Å². The van der Waals surface area contributed by atoms with Gasteiger partial charge in [0, 0.05) is 16.8 Å². The average molecular weight is 414 g/mol. The molecule has 29 heavy (non-hydrogen) atoms. The van der Waals surface area contributed by atoms with Crippen LogP contribution in [0.1, 0.15) is 30.1 Å². The van der Waals surface area contributed by atoms with Gasteiger partial charge in [-0.15, -0.1) is 11.3 Å². The van der Waals surface area contributed by atoms with E-state index in [1.165, 1.54) is 11.3 Å². The minimum atomic E-state index is -1.28. The maximum absolute atomic E-state index is 13.0. The van der Waals surface area contributed by atoms with Gasteiger partial charge in [-0.3, -0.25) is 4.79 Å². The standard InChI is InChI=1S/C21H21NO6S/c1-2-27-21(26)12-10-15(11-6-4-3-5-7-11)29-19(12)22-18(23)16-13-8-9-14(28-13)17(16)20(24)25/h3-7,10,13-14,16-17H,2,8-9H2,1H3,(H,22,23)(H,24,25)/p-1/t13-,14+,16+,17-/m0/s1. The molecular weight excluding hydrogens is 394 g/mol. The molecule has 1 aromatic heterocycles. The number of benzene rings is 1. The van der Waals surface area contributed by atoms with Gasteiger partial charge in [0.1, 0.15) is 5.00 Å². The Balaban J connectivity index is 1.63. The van der Waals surface area contributed by atoms with Crippen LogP contribution in [0.15, 0.2) is 36.4 Å². The Morgan fingerprint density at radius 1 is 1.17 bits per heavy atom. The third-order valence-electron chi connectivity index (χ3n) is 5.37. The minimum absolute atomic E-state index is 0.204. The number of thiophene rings is 1. The number of fused-ring (bicyclic) bond motifs is 2. The summed E-state index contributed by atoms with van der Waals surface area (Å²) in [6.45, 7) is 1.91. The molecule has 3 heterocycles. The second-order valence-corrected chi connectivity index (χ2v) is 8.14. The number of carbonyl (C=O) groups is 3. The summed E-state index contributed by atoms with van der Waals surface area (Å²) in [5.74, 6) is -4.11. The van der Waals surface area contributed by atoms with Gasteiger partial charge in [-0.25, -0.2) is 4.79 Å². The van der Waals surface area contributed by atoms with E-state index in [0.717, 1.165) is 10.4 Å². The summed E-state index contributed by atoms with van der Waals surface area (Å²) in [6, 6.07) is 11.1. The summed E-state index contributed by atoms with van der Waals surface area (Å²) in [6.07, 6.45) is 0.311. The van der Waals surface area contributed by atoms with Crippen LogP contribution in [0.3, 0.4) is 0 Å². The van der Waals surface area contributed by atoms with Crippen LogP contribution in [0, 0.1) is 11.8 Å².